The predicted octanol–water partition coefficient (Wildman–Crippen LogP) is 3.14. The van der Waals surface area contributed by atoms with Crippen molar-refractivity contribution in [3.63, 3.8) is 0 Å². The molecule has 0 radical (unpaired) electrons. The fraction of sp³-hybridized carbons (Fsp3) is 0.214. The number of nitrogens with two attached hydrogens (primary N) is 1. The maximum absolute atomic E-state index is 8.57. The lowest BCUT2D eigenvalue weighted by molar-refractivity contribution is 0.670. The van der Waals surface area contributed by atoms with Gasteiger partial charge in [-0.15, -0.1) is 0 Å². The second-order valence-electron chi connectivity index (χ2n) is 3.87. The van der Waals surface area contributed by atoms with Crippen molar-refractivity contribution in [2.75, 3.05) is 0 Å². The number of hydrogen-bond acceptors (Lipinski definition) is 2. The van der Waals surface area contributed by atoms with Crippen molar-refractivity contribution < 1.29 is 0 Å². The summed E-state index contributed by atoms with van der Waals surface area (Å²) >= 11 is 0. The number of rotatable bonds is 3. The molecular formula is C14H14N2. The zero-order valence-corrected chi connectivity index (χ0v) is 9.06. The van der Waals surface area contributed by atoms with Crippen LogP contribution in [-0.4, -0.2) is 0 Å². The summed E-state index contributed by atoms with van der Waals surface area (Å²) in [6.45, 7) is 0. The van der Waals surface area contributed by atoms with Crippen LogP contribution in [0.3, 0.4) is 0 Å². The van der Waals surface area contributed by atoms with Crippen LogP contribution in [0.2, 0.25) is 0 Å². The molecule has 0 bridgehead atoms. The Kier molecular flexibility index (Phi) is 3.19. The highest BCUT2D eigenvalue weighted by Crippen LogP contribution is 2.25. The maximum atomic E-state index is 8.57. The Labute approximate surface area is 95.3 Å². The largest absolute Gasteiger partial charge is 0.324 e. The first-order chi connectivity index (χ1) is 7.83. The maximum Gasteiger partial charge on any atom is 0.0622 e. The number of fused-ring (bicyclic) bond motifs is 1. The van der Waals surface area contributed by atoms with E-state index in [4.69, 9.17) is 11.0 Å². The highest BCUT2D eigenvalue weighted by atomic mass is 14.6. The van der Waals surface area contributed by atoms with E-state index in [0.29, 0.717) is 12.8 Å². The molecule has 0 aliphatic carbocycles. The lowest BCUT2D eigenvalue weighted by Gasteiger charge is -2.13. The summed E-state index contributed by atoms with van der Waals surface area (Å²) in [4.78, 5) is 0. The van der Waals surface area contributed by atoms with E-state index in [1.807, 2.05) is 24.3 Å². The third kappa shape index (κ3) is 2.05. The van der Waals surface area contributed by atoms with Gasteiger partial charge >= 0.3 is 0 Å². The molecule has 16 heavy (non-hydrogen) atoms. The van der Waals surface area contributed by atoms with Gasteiger partial charge in [0.1, 0.15) is 0 Å². The van der Waals surface area contributed by atoms with Crippen molar-refractivity contribution in [3.05, 3.63) is 48.0 Å². The fourth-order valence-corrected chi connectivity index (χ4v) is 1.95. The Morgan fingerprint density at radius 1 is 1.12 bits per heavy atom. The molecule has 2 rings (SSSR count). The number of nitriles is 1. The van der Waals surface area contributed by atoms with Crippen LogP contribution >= 0.6 is 0 Å². The first-order valence-corrected chi connectivity index (χ1v) is 5.43. The van der Waals surface area contributed by atoms with Crippen molar-refractivity contribution in [2.45, 2.75) is 18.9 Å². The molecule has 2 nitrogen and oxygen atoms in total. The number of benzene rings is 2. The molecule has 0 amide bonds. The molecule has 2 N–H and O–H groups in total. The van der Waals surface area contributed by atoms with Gasteiger partial charge < -0.3 is 5.73 Å². The zero-order chi connectivity index (χ0) is 11.4. The van der Waals surface area contributed by atoms with Crippen LogP contribution in [0.4, 0.5) is 0 Å². The first kappa shape index (κ1) is 10.7. The molecule has 0 aliphatic rings. The van der Waals surface area contributed by atoms with E-state index in [1.165, 1.54) is 10.8 Å². The van der Waals surface area contributed by atoms with Crippen molar-refractivity contribution >= 4 is 10.8 Å². The average molecular weight is 210 g/mol. The molecule has 2 aromatic rings. The van der Waals surface area contributed by atoms with E-state index in [2.05, 4.69) is 24.3 Å². The highest BCUT2D eigenvalue weighted by molar-refractivity contribution is 5.86. The fourth-order valence-electron chi connectivity index (χ4n) is 1.95. The molecule has 0 saturated carbocycles. The minimum Gasteiger partial charge on any atom is -0.324 e. The summed E-state index contributed by atoms with van der Waals surface area (Å²) in [5.41, 5.74) is 7.23. The number of nitrogens with zero attached hydrogens (tertiary/aromatic N) is 1. The molecule has 1 atom stereocenters. The van der Waals surface area contributed by atoms with Gasteiger partial charge in [0.2, 0.25) is 0 Å². The molecule has 80 valence electrons. The van der Waals surface area contributed by atoms with E-state index in [9.17, 15) is 0 Å². The summed E-state index contributed by atoms with van der Waals surface area (Å²) in [6, 6.07) is 16.4. The molecule has 0 spiro atoms. The molecule has 0 saturated heterocycles. The minimum atomic E-state index is -0.0502. The Morgan fingerprint density at radius 3 is 2.69 bits per heavy atom. The Bertz CT molecular complexity index is 520. The van der Waals surface area contributed by atoms with Crippen LogP contribution in [0.1, 0.15) is 24.4 Å². The quantitative estimate of drug-likeness (QED) is 0.846. The Morgan fingerprint density at radius 2 is 1.88 bits per heavy atom. The SMILES string of the molecule is N#CCCC(N)c1cccc2ccccc12. The summed E-state index contributed by atoms with van der Waals surface area (Å²) in [5, 5.41) is 11.0. The van der Waals surface area contributed by atoms with E-state index < -0.39 is 0 Å². The molecule has 0 aliphatic heterocycles. The monoisotopic (exact) mass is 210 g/mol. The van der Waals surface area contributed by atoms with E-state index in [1.54, 1.807) is 0 Å². The van der Waals surface area contributed by atoms with E-state index in [0.717, 1.165) is 5.56 Å². The van der Waals surface area contributed by atoms with Crippen LogP contribution in [0.25, 0.3) is 10.8 Å². The van der Waals surface area contributed by atoms with Crippen molar-refractivity contribution in [1.29, 1.82) is 5.26 Å². The Balaban J connectivity index is 2.40. The van der Waals surface area contributed by atoms with Gasteiger partial charge in [-0.2, -0.15) is 5.26 Å². The first-order valence-electron chi connectivity index (χ1n) is 5.43. The third-order valence-electron chi connectivity index (χ3n) is 2.79. The van der Waals surface area contributed by atoms with E-state index in [-0.39, 0.29) is 6.04 Å². The van der Waals surface area contributed by atoms with Gasteiger partial charge in [-0.25, -0.2) is 0 Å². The normalized spacial score (nSPS) is 12.2. The molecule has 2 heteroatoms. The smallest absolute Gasteiger partial charge is 0.0622 e. The summed E-state index contributed by atoms with van der Waals surface area (Å²) in [7, 11) is 0. The van der Waals surface area contributed by atoms with Crippen molar-refractivity contribution in [3.8, 4) is 6.07 Å². The van der Waals surface area contributed by atoms with Crippen LogP contribution in [0.15, 0.2) is 42.5 Å². The van der Waals surface area contributed by atoms with Crippen LogP contribution in [0.5, 0.6) is 0 Å². The summed E-state index contributed by atoms with van der Waals surface area (Å²) in [6.07, 6.45) is 1.22. The topological polar surface area (TPSA) is 49.8 Å². The van der Waals surface area contributed by atoms with Crippen molar-refractivity contribution in [1.82, 2.24) is 0 Å². The third-order valence-corrected chi connectivity index (χ3v) is 2.79. The molecule has 0 heterocycles. The summed E-state index contributed by atoms with van der Waals surface area (Å²) in [5.74, 6) is 0. The van der Waals surface area contributed by atoms with Gasteiger partial charge in [-0.05, 0) is 22.8 Å². The van der Waals surface area contributed by atoms with Gasteiger partial charge in [-0.3, -0.25) is 0 Å². The van der Waals surface area contributed by atoms with E-state index >= 15 is 0 Å². The van der Waals surface area contributed by atoms with Gasteiger partial charge in [0.15, 0.2) is 0 Å². The molecular weight excluding hydrogens is 196 g/mol. The molecule has 2 aromatic carbocycles. The van der Waals surface area contributed by atoms with Crippen LogP contribution < -0.4 is 5.73 Å². The molecule has 1 unspecified atom stereocenters. The second-order valence-corrected chi connectivity index (χ2v) is 3.87. The lowest BCUT2D eigenvalue weighted by Crippen LogP contribution is -2.10. The van der Waals surface area contributed by atoms with Gasteiger partial charge in [0.25, 0.3) is 0 Å². The average Bonchev–Trinajstić information content (AvgIpc) is 2.35. The Hall–Kier alpha value is -1.85. The van der Waals surface area contributed by atoms with Gasteiger partial charge in [0, 0.05) is 12.5 Å². The summed E-state index contributed by atoms with van der Waals surface area (Å²) < 4.78 is 0. The minimum absolute atomic E-state index is 0.0502. The highest BCUT2D eigenvalue weighted by Gasteiger charge is 2.08. The van der Waals surface area contributed by atoms with Crippen LogP contribution in [0, 0.1) is 11.3 Å². The van der Waals surface area contributed by atoms with Crippen molar-refractivity contribution in [2.24, 2.45) is 5.73 Å². The van der Waals surface area contributed by atoms with Crippen LogP contribution in [-0.2, 0) is 0 Å². The zero-order valence-electron chi connectivity index (χ0n) is 9.06. The predicted molar refractivity (Wildman–Crippen MR) is 65.7 cm³/mol. The lowest BCUT2D eigenvalue weighted by atomic mass is 9.97. The van der Waals surface area contributed by atoms with Gasteiger partial charge in [-0.1, -0.05) is 42.5 Å². The number of hydrogen-bond donors (Lipinski definition) is 1. The van der Waals surface area contributed by atoms with Gasteiger partial charge in [0.05, 0.1) is 6.07 Å². The second kappa shape index (κ2) is 4.78. The standard InChI is InChI=1S/C14H14N2/c15-10-4-9-14(16)13-8-3-6-11-5-1-2-7-12(11)13/h1-3,5-8,14H,4,9,16H2. The molecule has 0 aromatic heterocycles. The molecule has 0 fully saturated rings.